The first kappa shape index (κ1) is 12.1. The van der Waals surface area contributed by atoms with Gasteiger partial charge in [-0.25, -0.2) is 0 Å². The van der Waals surface area contributed by atoms with Gasteiger partial charge in [-0.1, -0.05) is 17.0 Å². The summed E-state index contributed by atoms with van der Waals surface area (Å²) in [7, 11) is 1.85. The highest BCUT2D eigenvalue weighted by atomic mass is 32.2. The Balaban J connectivity index is 2.03. The van der Waals surface area contributed by atoms with Crippen molar-refractivity contribution >= 4 is 11.8 Å². The Labute approximate surface area is 103 Å². The van der Waals surface area contributed by atoms with Crippen LogP contribution in [0.15, 0.2) is 11.4 Å². The van der Waals surface area contributed by atoms with E-state index in [1.54, 1.807) is 16.4 Å². The van der Waals surface area contributed by atoms with Gasteiger partial charge in [0.1, 0.15) is 5.82 Å². The van der Waals surface area contributed by atoms with Gasteiger partial charge >= 0.3 is 0 Å². The van der Waals surface area contributed by atoms with Crippen LogP contribution in [-0.4, -0.2) is 36.3 Å². The van der Waals surface area contributed by atoms with E-state index < -0.39 is 0 Å². The van der Waals surface area contributed by atoms with E-state index in [4.69, 9.17) is 5.73 Å². The van der Waals surface area contributed by atoms with E-state index in [1.165, 1.54) is 0 Å². The summed E-state index contributed by atoms with van der Waals surface area (Å²) in [5, 5.41) is 16.9. The van der Waals surface area contributed by atoms with Gasteiger partial charge in [0.25, 0.3) is 0 Å². The maximum Gasteiger partial charge on any atom is 0.191 e. The Morgan fingerprint density at radius 2 is 2.18 bits per heavy atom. The van der Waals surface area contributed by atoms with Crippen LogP contribution >= 0.6 is 11.8 Å². The van der Waals surface area contributed by atoms with Crippen LogP contribution in [0.2, 0.25) is 0 Å². The summed E-state index contributed by atoms with van der Waals surface area (Å²) >= 11 is 1.59. The lowest BCUT2D eigenvalue weighted by atomic mass is 10.6. The fourth-order valence-electron chi connectivity index (χ4n) is 1.45. The second-order valence-corrected chi connectivity index (χ2v) is 4.58. The molecule has 7 nitrogen and oxygen atoms in total. The van der Waals surface area contributed by atoms with Crippen molar-refractivity contribution in [1.29, 1.82) is 0 Å². The molecule has 0 spiro atoms. The van der Waals surface area contributed by atoms with Gasteiger partial charge in [0.2, 0.25) is 0 Å². The molecule has 0 aliphatic rings. The van der Waals surface area contributed by atoms with Crippen LogP contribution < -0.4 is 5.73 Å². The van der Waals surface area contributed by atoms with E-state index in [0.717, 1.165) is 29.0 Å². The van der Waals surface area contributed by atoms with Gasteiger partial charge in [0.15, 0.2) is 5.16 Å². The molecule has 92 valence electrons. The number of nitrogens with zero attached hydrogens (tertiary/aromatic N) is 6. The van der Waals surface area contributed by atoms with Crippen molar-refractivity contribution in [2.45, 2.75) is 24.4 Å². The van der Waals surface area contributed by atoms with Crippen molar-refractivity contribution in [3.05, 3.63) is 17.7 Å². The first-order chi connectivity index (χ1) is 8.20. The second-order valence-electron chi connectivity index (χ2n) is 3.64. The molecule has 2 aromatic rings. The Hall–Kier alpha value is -1.41. The number of aromatic nitrogens is 6. The molecule has 0 aliphatic carbocycles. The van der Waals surface area contributed by atoms with E-state index in [9.17, 15) is 0 Å². The van der Waals surface area contributed by atoms with Crippen LogP contribution in [0.4, 0.5) is 0 Å². The molecule has 2 aromatic heterocycles. The molecule has 2 rings (SSSR count). The number of rotatable bonds is 5. The summed E-state index contributed by atoms with van der Waals surface area (Å²) in [6.45, 7) is 3.24. The zero-order chi connectivity index (χ0) is 12.3. The number of nitrogens with two attached hydrogens (primary N) is 1. The molecule has 0 saturated heterocycles. The first-order valence-electron chi connectivity index (χ1n) is 5.28. The lowest BCUT2D eigenvalue weighted by molar-refractivity contribution is 0.627. The number of hydrogen-bond acceptors (Lipinski definition) is 6. The maximum absolute atomic E-state index is 5.56. The minimum absolute atomic E-state index is 0.581. The SMILES string of the molecule is Cc1nnc(SCc2cn(C)nn2)n1CCN. The lowest BCUT2D eigenvalue weighted by Crippen LogP contribution is -2.12. The summed E-state index contributed by atoms with van der Waals surface area (Å²) in [6.07, 6.45) is 1.89. The molecule has 2 N–H and O–H groups in total. The van der Waals surface area contributed by atoms with E-state index in [1.807, 2.05) is 24.7 Å². The molecule has 8 heteroatoms. The van der Waals surface area contributed by atoms with Gasteiger partial charge in [-0.2, -0.15) is 0 Å². The van der Waals surface area contributed by atoms with Crippen LogP contribution in [0.5, 0.6) is 0 Å². The Morgan fingerprint density at radius 3 is 2.82 bits per heavy atom. The normalized spacial score (nSPS) is 11.0. The highest BCUT2D eigenvalue weighted by Gasteiger charge is 2.09. The predicted octanol–water partition coefficient (Wildman–Crippen LogP) is -0.0340. The average Bonchev–Trinajstić information content (AvgIpc) is 2.86. The van der Waals surface area contributed by atoms with Gasteiger partial charge in [0.05, 0.1) is 5.69 Å². The third kappa shape index (κ3) is 2.83. The van der Waals surface area contributed by atoms with Gasteiger partial charge < -0.3 is 10.3 Å². The van der Waals surface area contributed by atoms with Gasteiger partial charge in [-0.15, -0.1) is 15.3 Å². The Morgan fingerprint density at radius 1 is 1.35 bits per heavy atom. The van der Waals surface area contributed by atoms with Crippen molar-refractivity contribution in [2.24, 2.45) is 12.8 Å². The molecule has 0 aromatic carbocycles. The first-order valence-corrected chi connectivity index (χ1v) is 6.27. The maximum atomic E-state index is 5.56. The Kier molecular flexibility index (Phi) is 3.75. The Bertz CT molecular complexity index is 489. The highest BCUT2D eigenvalue weighted by molar-refractivity contribution is 7.98. The van der Waals surface area contributed by atoms with Crippen molar-refractivity contribution in [3.8, 4) is 0 Å². The topological polar surface area (TPSA) is 87.4 Å². The molecule has 0 saturated carbocycles. The average molecular weight is 253 g/mol. The van der Waals surface area contributed by atoms with Crippen molar-refractivity contribution < 1.29 is 0 Å². The number of hydrogen-bond donors (Lipinski definition) is 1. The molecule has 0 amide bonds. The van der Waals surface area contributed by atoms with Crippen LogP contribution in [0.25, 0.3) is 0 Å². The van der Waals surface area contributed by atoms with Crippen molar-refractivity contribution in [3.63, 3.8) is 0 Å². The minimum atomic E-state index is 0.581. The number of thioether (sulfide) groups is 1. The molecule has 17 heavy (non-hydrogen) atoms. The summed E-state index contributed by atoms with van der Waals surface area (Å²) in [6, 6.07) is 0. The standard InChI is InChI=1S/C9H15N7S/c1-7-11-13-9(16(7)4-3-10)17-6-8-5-15(2)14-12-8/h5H,3-4,6,10H2,1-2H3. The van der Waals surface area contributed by atoms with Crippen molar-refractivity contribution in [1.82, 2.24) is 29.8 Å². The zero-order valence-corrected chi connectivity index (χ0v) is 10.7. The highest BCUT2D eigenvalue weighted by Crippen LogP contribution is 2.20. The van der Waals surface area contributed by atoms with E-state index in [-0.39, 0.29) is 0 Å². The fourth-order valence-corrected chi connectivity index (χ4v) is 2.34. The molecular formula is C9H15N7S. The van der Waals surface area contributed by atoms with E-state index in [0.29, 0.717) is 6.54 Å². The van der Waals surface area contributed by atoms with Crippen LogP contribution in [0, 0.1) is 6.92 Å². The quantitative estimate of drug-likeness (QED) is 0.753. The van der Waals surface area contributed by atoms with E-state index in [2.05, 4.69) is 20.5 Å². The summed E-state index contributed by atoms with van der Waals surface area (Å²) in [5.41, 5.74) is 6.48. The number of aryl methyl sites for hydroxylation is 2. The van der Waals surface area contributed by atoms with E-state index >= 15 is 0 Å². The zero-order valence-electron chi connectivity index (χ0n) is 9.87. The van der Waals surface area contributed by atoms with Crippen LogP contribution in [0.3, 0.4) is 0 Å². The third-order valence-corrected chi connectivity index (χ3v) is 3.25. The molecular weight excluding hydrogens is 238 g/mol. The lowest BCUT2D eigenvalue weighted by Gasteiger charge is -2.05. The fraction of sp³-hybridized carbons (Fsp3) is 0.556. The third-order valence-electron chi connectivity index (χ3n) is 2.25. The summed E-state index contributed by atoms with van der Waals surface area (Å²) in [5.74, 6) is 1.62. The van der Waals surface area contributed by atoms with Crippen LogP contribution in [-0.2, 0) is 19.3 Å². The largest absolute Gasteiger partial charge is 0.329 e. The van der Waals surface area contributed by atoms with Gasteiger partial charge in [-0.3, -0.25) is 4.68 Å². The summed E-state index contributed by atoms with van der Waals surface area (Å²) in [4.78, 5) is 0. The molecule has 0 unspecified atom stereocenters. The molecule has 0 atom stereocenters. The van der Waals surface area contributed by atoms with Crippen LogP contribution in [0.1, 0.15) is 11.5 Å². The monoisotopic (exact) mass is 253 g/mol. The minimum Gasteiger partial charge on any atom is -0.329 e. The molecule has 0 radical (unpaired) electrons. The predicted molar refractivity (Wildman–Crippen MR) is 64.4 cm³/mol. The van der Waals surface area contributed by atoms with Crippen molar-refractivity contribution in [2.75, 3.05) is 6.54 Å². The van der Waals surface area contributed by atoms with Gasteiger partial charge in [-0.05, 0) is 6.92 Å². The molecule has 0 bridgehead atoms. The van der Waals surface area contributed by atoms with Gasteiger partial charge in [0, 0.05) is 32.1 Å². The summed E-state index contributed by atoms with van der Waals surface area (Å²) < 4.78 is 3.70. The molecule has 0 aliphatic heterocycles. The molecule has 2 heterocycles. The second kappa shape index (κ2) is 5.28. The smallest absolute Gasteiger partial charge is 0.191 e. The molecule has 0 fully saturated rings.